The fourth-order valence-corrected chi connectivity index (χ4v) is 0.744. The number of carboxylic acids is 1. The van der Waals surface area contributed by atoms with Crippen LogP contribution < -0.4 is 11.1 Å². The van der Waals surface area contributed by atoms with E-state index in [0.717, 1.165) is 0 Å². The van der Waals surface area contributed by atoms with Crippen LogP contribution in [-0.4, -0.2) is 41.4 Å². The van der Waals surface area contributed by atoms with E-state index in [1.807, 2.05) is 0 Å². The zero-order valence-electron chi connectivity index (χ0n) is 6.45. The van der Waals surface area contributed by atoms with Crippen molar-refractivity contribution in [3.8, 4) is 0 Å². The number of hydrogen-bond acceptors (Lipinski definition) is 4. The number of hydrogen-bond donors (Lipinski definition) is 4. The molecule has 0 unspecified atom stereocenters. The molecule has 0 bridgehead atoms. The van der Waals surface area contributed by atoms with Crippen molar-refractivity contribution in [3.63, 3.8) is 0 Å². The van der Waals surface area contributed by atoms with Gasteiger partial charge in [-0.3, -0.25) is 4.79 Å². The molecule has 5 N–H and O–H groups in total. The molecule has 0 aromatic carbocycles. The minimum atomic E-state index is -1.08. The summed E-state index contributed by atoms with van der Waals surface area (Å²) in [6, 6.07) is -0.954. The van der Waals surface area contributed by atoms with Gasteiger partial charge in [-0.25, -0.2) is 0 Å². The minimum Gasteiger partial charge on any atom is -0.480 e. The summed E-state index contributed by atoms with van der Waals surface area (Å²) in [7, 11) is 0. The Kier molecular flexibility index (Phi) is 4.76. The molecule has 0 fully saturated rings. The number of likely N-dealkylation sites (N-methyl/N-ethyl adjacent to an activating group) is 1. The first kappa shape index (κ1) is 10.3. The lowest BCUT2D eigenvalue weighted by Crippen LogP contribution is -2.49. The summed E-state index contributed by atoms with van der Waals surface area (Å²) in [5.74, 6) is -1.08. The summed E-state index contributed by atoms with van der Waals surface area (Å²) in [5, 5.41) is 20.2. The first-order valence-electron chi connectivity index (χ1n) is 3.47. The molecule has 0 spiro atoms. The van der Waals surface area contributed by atoms with Crippen molar-refractivity contribution in [3.05, 3.63) is 0 Å². The molecule has 0 saturated carbocycles. The van der Waals surface area contributed by atoms with Gasteiger partial charge in [0.2, 0.25) is 0 Å². The van der Waals surface area contributed by atoms with Crippen LogP contribution in [0.1, 0.15) is 6.92 Å². The molecule has 0 aliphatic heterocycles. The van der Waals surface area contributed by atoms with Crippen LogP contribution in [0, 0.1) is 0 Å². The van der Waals surface area contributed by atoms with Crippen LogP contribution in [-0.2, 0) is 4.79 Å². The Hall–Kier alpha value is -0.650. The molecular formula is C6H14N2O3. The first-order chi connectivity index (χ1) is 5.13. The molecule has 0 aliphatic rings. The number of nitrogens with two attached hydrogens (primary N) is 1. The monoisotopic (exact) mass is 162 g/mol. The predicted octanol–water partition coefficient (Wildman–Crippen LogP) is -1.63. The third-order valence-corrected chi connectivity index (χ3v) is 1.32. The Labute approximate surface area is 65.2 Å². The van der Waals surface area contributed by atoms with E-state index in [2.05, 4.69) is 5.32 Å². The summed E-state index contributed by atoms with van der Waals surface area (Å²) in [6.45, 7) is 2.21. The number of carboxylic acid groups (broad SMARTS) is 1. The van der Waals surface area contributed by atoms with Gasteiger partial charge in [0.15, 0.2) is 0 Å². The average molecular weight is 162 g/mol. The summed E-state index contributed by atoms with van der Waals surface area (Å²) in [6.07, 6.45) is -1.02. The minimum absolute atomic E-state index is 0.0516. The Balaban J connectivity index is 3.97. The van der Waals surface area contributed by atoms with Gasteiger partial charge < -0.3 is 21.3 Å². The average Bonchev–Trinajstić information content (AvgIpc) is 1.98. The van der Waals surface area contributed by atoms with Gasteiger partial charge in [-0.1, -0.05) is 6.92 Å². The number of nitrogens with one attached hydrogen (secondary N) is 1. The lowest BCUT2D eigenvalue weighted by Gasteiger charge is -2.17. The highest BCUT2D eigenvalue weighted by molar-refractivity contribution is 5.74. The zero-order chi connectivity index (χ0) is 8.85. The van der Waals surface area contributed by atoms with Gasteiger partial charge in [-0.05, 0) is 6.54 Å². The molecule has 0 rings (SSSR count). The molecule has 0 aromatic rings. The third-order valence-electron chi connectivity index (χ3n) is 1.32. The quantitative estimate of drug-likeness (QED) is 0.389. The highest BCUT2D eigenvalue weighted by Crippen LogP contribution is 1.91. The number of carbonyl (C=O) groups is 1. The lowest BCUT2D eigenvalue weighted by molar-refractivity contribution is -0.142. The summed E-state index contributed by atoms with van der Waals surface area (Å²) in [4.78, 5) is 10.4. The maximum Gasteiger partial charge on any atom is 0.323 e. The number of aliphatic carboxylic acids is 1. The lowest BCUT2D eigenvalue weighted by atomic mass is 10.1. The van der Waals surface area contributed by atoms with Crippen molar-refractivity contribution in [2.75, 3.05) is 13.1 Å². The molecule has 0 amide bonds. The normalized spacial score (nSPS) is 15.9. The standard InChI is InChI=1S/C6H14N2O3/c1-2-8-5(6(10)11)4(9)3-7/h4-5,8-9H,2-3,7H2,1H3,(H,10,11)/t4-,5-/m0/s1. The van der Waals surface area contributed by atoms with Crippen LogP contribution in [0.15, 0.2) is 0 Å². The topological polar surface area (TPSA) is 95.6 Å². The summed E-state index contributed by atoms with van der Waals surface area (Å²) >= 11 is 0. The van der Waals surface area contributed by atoms with Crippen LogP contribution in [0.4, 0.5) is 0 Å². The van der Waals surface area contributed by atoms with Gasteiger partial charge in [0.1, 0.15) is 6.04 Å². The van der Waals surface area contributed by atoms with Crippen molar-refractivity contribution in [1.82, 2.24) is 5.32 Å². The highest BCUT2D eigenvalue weighted by atomic mass is 16.4. The van der Waals surface area contributed by atoms with Crippen LogP contribution >= 0.6 is 0 Å². The second-order valence-corrected chi connectivity index (χ2v) is 2.18. The third kappa shape index (κ3) is 3.31. The van der Waals surface area contributed by atoms with Gasteiger partial charge in [0.25, 0.3) is 0 Å². The van der Waals surface area contributed by atoms with Gasteiger partial charge in [-0.15, -0.1) is 0 Å². The van der Waals surface area contributed by atoms with E-state index in [4.69, 9.17) is 15.9 Å². The number of aliphatic hydroxyl groups excluding tert-OH is 1. The molecule has 0 aliphatic carbocycles. The molecule has 0 aromatic heterocycles. The molecule has 5 nitrogen and oxygen atoms in total. The van der Waals surface area contributed by atoms with E-state index in [1.165, 1.54) is 0 Å². The Morgan fingerprint density at radius 3 is 2.55 bits per heavy atom. The largest absolute Gasteiger partial charge is 0.480 e. The van der Waals surface area contributed by atoms with Gasteiger partial charge >= 0.3 is 5.97 Å². The van der Waals surface area contributed by atoms with Crippen LogP contribution in [0.3, 0.4) is 0 Å². The number of aliphatic hydroxyl groups is 1. The molecule has 66 valence electrons. The molecule has 0 heterocycles. The second kappa shape index (κ2) is 5.06. The maximum atomic E-state index is 10.4. The van der Waals surface area contributed by atoms with E-state index < -0.39 is 18.1 Å². The number of rotatable bonds is 5. The van der Waals surface area contributed by atoms with Crippen LogP contribution in [0.25, 0.3) is 0 Å². The van der Waals surface area contributed by atoms with E-state index in [1.54, 1.807) is 6.92 Å². The fraction of sp³-hybridized carbons (Fsp3) is 0.833. The van der Waals surface area contributed by atoms with Crippen LogP contribution in [0.2, 0.25) is 0 Å². The molecule has 11 heavy (non-hydrogen) atoms. The Morgan fingerprint density at radius 1 is 1.73 bits per heavy atom. The Morgan fingerprint density at radius 2 is 2.27 bits per heavy atom. The van der Waals surface area contributed by atoms with E-state index in [-0.39, 0.29) is 6.54 Å². The summed E-state index contributed by atoms with van der Waals surface area (Å²) < 4.78 is 0. The van der Waals surface area contributed by atoms with E-state index >= 15 is 0 Å². The highest BCUT2D eigenvalue weighted by Gasteiger charge is 2.23. The van der Waals surface area contributed by atoms with E-state index in [0.29, 0.717) is 6.54 Å². The van der Waals surface area contributed by atoms with Gasteiger partial charge in [0, 0.05) is 6.54 Å². The smallest absolute Gasteiger partial charge is 0.323 e. The van der Waals surface area contributed by atoms with Gasteiger partial charge in [0.05, 0.1) is 6.10 Å². The van der Waals surface area contributed by atoms with Crippen molar-refractivity contribution in [2.24, 2.45) is 5.73 Å². The second-order valence-electron chi connectivity index (χ2n) is 2.18. The Bertz CT molecular complexity index is 129. The summed E-state index contributed by atoms with van der Waals surface area (Å²) in [5.41, 5.74) is 5.09. The predicted molar refractivity (Wildman–Crippen MR) is 40.2 cm³/mol. The fourth-order valence-electron chi connectivity index (χ4n) is 0.744. The van der Waals surface area contributed by atoms with Crippen LogP contribution in [0.5, 0.6) is 0 Å². The maximum absolute atomic E-state index is 10.4. The molecule has 0 saturated heterocycles. The molecule has 2 atom stereocenters. The molecular weight excluding hydrogens is 148 g/mol. The van der Waals surface area contributed by atoms with E-state index in [9.17, 15) is 4.79 Å². The molecule has 5 heteroatoms. The van der Waals surface area contributed by atoms with Crippen molar-refractivity contribution >= 4 is 5.97 Å². The van der Waals surface area contributed by atoms with Crippen molar-refractivity contribution in [1.29, 1.82) is 0 Å². The van der Waals surface area contributed by atoms with Gasteiger partial charge in [-0.2, -0.15) is 0 Å². The zero-order valence-corrected chi connectivity index (χ0v) is 6.45. The van der Waals surface area contributed by atoms with Crippen molar-refractivity contribution < 1.29 is 15.0 Å². The molecule has 0 radical (unpaired) electrons. The van der Waals surface area contributed by atoms with Crippen molar-refractivity contribution in [2.45, 2.75) is 19.1 Å². The SMILES string of the molecule is CCN[C@H](C(=O)O)[C@@H](O)CN. The first-order valence-corrected chi connectivity index (χ1v) is 3.47.